The Bertz CT molecular complexity index is 260. The fourth-order valence-corrected chi connectivity index (χ4v) is 2.32. The van der Waals surface area contributed by atoms with Gasteiger partial charge in [0, 0.05) is 46.8 Å². The molecule has 128 valence electrons. The predicted octanol–water partition coefficient (Wildman–Crippen LogP) is 1.83. The van der Waals surface area contributed by atoms with Gasteiger partial charge in [-0.1, -0.05) is 20.8 Å². The lowest BCUT2D eigenvalue weighted by Crippen LogP contribution is -2.52. The topological polar surface area (TPSA) is 44.8 Å². The van der Waals surface area contributed by atoms with E-state index in [4.69, 9.17) is 4.74 Å². The van der Waals surface area contributed by atoms with Crippen LogP contribution in [0.25, 0.3) is 0 Å². The highest BCUT2D eigenvalue weighted by Crippen LogP contribution is 2.06. The van der Waals surface area contributed by atoms with Crippen molar-refractivity contribution in [3.8, 4) is 0 Å². The normalized spacial score (nSPS) is 17.8. The van der Waals surface area contributed by atoms with Crippen molar-refractivity contribution in [3.63, 3.8) is 0 Å². The van der Waals surface area contributed by atoms with Crippen LogP contribution in [0.5, 0.6) is 0 Å². The van der Waals surface area contributed by atoms with Gasteiger partial charge in [0.1, 0.15) is 0 Å². The van der Waals surface area contributed by atoms with E-state index in [-0.39, 0.29) is 7.33 Å². The van der Waals surface area contributed by atoms with Crippen LogP contribution in [0.15, 0.2) is 0 Å². The minimum atomic E-state index is 0. The Hall–Kier alpha value is -0.650. The number of ether oxygens (including phenoxy) is 1. The van der Waals surface area contributed by atoms with Crippen molar-refractivity contribution >= 4 is 5.91 Å². The van der Waals surface area contributed by atoms with E-state index in [2.05, 4.69) is 29.0 Å². The molecule has 0 radical (unpaired) electrons. The van der Waals surface area contributed by atoms with Gasteiger partial charge in [0.25, 0.3) is 0 Å². The highest BCUT2D eigenvalue weighted by molar-refractivity contribution is 5.77. The third-order valence-corrected chi connectivity index (χ3v) is 3.48. The Labute approximate surface area is 132 Å². The number of carbonyl (C=O) groups is 1. The Morgan fingerprint density at radius 1 is 1.24 bits per heavy atom. The lowest BCUT2D eigenvalue weighted by atomic mass is 10.2. The summed E-state index contributed by atoms with van der Waals surface area (Å²) in [6.45, 7) is 17.2. The van der Waals surface area contributed by atoms with Gasteiger partial charge in [-0.2, -0.15) is 0 Å². The molecule has 1 atom stereocenters. The van der Waals surface area contributed by atoms with E-state index >= 15 is 0 Å². The first-order valence-corrected chi connectivity index (χ1v) is 8.48. The third-order valence-electron chi connectivity index (χ3n) is 3.48. The largest absolute Gasteiger partial charge is 0.380 e. The van der Waals surface area contributed by atoms with E-state index in [1.54, 1.807) is 0 Å². The summed E-state index contributed by atoms with van der Waals surface area (Å²) >= 11 is 0. The van der Waals surface area contributed by atoms with Gasteiger partial charge in [-0.25, -0.2) is 0 Å². The van der Waals surface area contributed by atoms with E-state index in [9.17, 15) is 4.79 Å². The summed E-state index contributed by atoms with van der Waals surface area (Å²) in [5.74, 6) is 0.135. The van der Waals surface area contributed by atoms with Crippen molar-refractivity contribution in [3.05, 3.63) is 0 Å². The maximum absolute atomic E-state index is 11.5. The fraction of sp³-hybridized carbons (Fsp3) is 0.938. The Kier molecular flexibility index (Phi) is 12.6. The SMILES string of the molecule is CC.CCCOCC(C)N1CCN(CC(=O)NCC)CC1.[HH]. The number of carbonyl (C=O) groups excluding carboxylic acids is 1. The molecule has 0 aliphatic carbocycles. The molecule has 1 heterocycles. The Balaban J connectivity index is 0. The molecule has 1 N–H and O–H groups in total. The number of piperazine rings is 1. The minimum absolute atomic E-state index is 0. The average molecular weight is 303 g/mol. The summed E-state index contributed by atoms with van der Waals surface area (Å²) in [6.07, 6.45) is 1.08. The molecule has 1 rings (SSSR count). The first-order valence-electron chi connectivity index (χ1n) is 8.48. The van der Waals surface area contributed by atoms with E-state index in [1.807, 2.05) is 20.8 Å². The molecule has 5 heteroatoms. The van der Waals surface area contributed by atoms with Crippen molar-refractivity contribution in [2.24, 2.45) is 0 Å². The summed E-state index contributed by atoms with van der Waals surface area (Å²) in [5.41, 5.74) is 0. The average Bonchev–Trinajstić information content (AvgIpc) is 2.50. The van der Waals surface area contributed by atoms with Crippen LogP contribution in [0.2, 0.25) is 0 Å². The van der Waals surface area contributed by atoms with Gasteiger partial charge in [-0.05, 0) is 20.3 Å². The molecule has 1 amide bonds. The van der Waals surface area contributed by atoms with Gasteiger partial charge in [0.2, 0.25) is 5.91 Å². The van der Waals surface area contributed by atoms with Crippen LogP contribution in [0.4, 0.5) is 0 Å². The highest BCUT2D eigenvalue weighted by Gasteiger charge is 2.22. The number of hydrogen-bond donors (Lipinski definition) is 1. The maximum Gasteiger partial charge on any atom is 0.234 e. The van der Waals surface area contributed by atoms with Crippen molar-refractivity contribution < 1.29 is 11.0 Å². The van der Waals surface area contributed by atoms with Crippen LogP contribution >= 0.6 is 0 Å². The zero-order valence-corrected chi connectivity index (χ0v) is 14.7. The molecule has 0 aromatic rings. The molecule has 0 bridgehead atoms. The van der Waals surface area contributed by atoms with Crippen molar-refractivity contribution in [2.45, 2.75) is 47.1 Å². The third kappa shape index (κ3) is 9.06. The molecule has 0 spiro atoms. The first kappa shape index (κ1) is 20.3. The zero-order valence-electron chi connectivity index (χ0n) is 14.7. The molecular formula is C16H37N3O2. The van der Waals surface area contributed by atoms with Crippen LogP contribution < -0.4 is 5.32 Å². The number of nitrogens with one attached hydrogen (secondary N) is 1. The molecule has 1 unspecified atom stereocenters. The second-order valence-corrected chi connectivity index (χ2v) is 5.19. The second kappa shape index (κ2) is 13.0. The number of likely N-dealkylation sites (N-methyl/N-ethyl adjacent to an activating group) is 1. The summed E-state index contributed by atoms with van der Waals surface area (Å²) in [6, 6.07) is 0.471. The first-order chi connectivity index (χ1) is 10.2. The highest BCUT2D eigenvalue weighted by atomic mass is 16.5. The number of nitrogens with zero attached hydrogens (tertiary/aromatic N) is 2. The van der Waals surface area contributed by atoms with Crippen LogP contribution in [-0.2, 0) is 9.53 Å². The monoisotopic (exact) mass is 303 g/mol. The van der Waals surface area contributed by atoms with Gasteiger partial charge >= 0.3 is 0 Å². The quantitative estimate of drug-likeness (QED) is 0.695. The van der Waals surface area contributed by atoms with Crippen molar-refractivity contribution in [1.82, 2.24) is 15.1 Å². The standard InChI is InChI=1S/C14H29N3O2.C2H6.H2/c1-4-10-19-12-13(3)17-8-6-16(7-9-17)11-14(18)15-5-2;1-2;/h13H,4-12H2,1-3H3,(H,15,18);1-2H3;1H. The molecule has 1 aliphatic heterocycles. The molecule has 1 fully saturated rings. The van der Waals surface area contributed by atoms with Crippen molar-refractivity contribution in [2.75, 3.05) is 52.5 Å². The lowest BCUT2D eigenvalue weighted by Gasteiger charge is -2.37. The molecule has 1 aliphatic rings. The minimum Gasteiger partial charge on any atom is -0.380 e. The zero-order chi connectivity index (χ0) is 16.1. The van der Waals surface area contributed by atoms with E-state index in [0.29, 0.717) is 19.1 Å². The van der Waals surface area contributed by atoms with Gasteiger partial charge in [-0.3, -0.25) is 14.6 Å². The molecular weight excluding hydrogens is 266 g/mol. The number of hydrogen-bond acceptors (Lipinski definition) is 4. The molecule has 1 saturated heterocycles. The summed E-state index contributed by atoms with van der Waals surface area (Å²) < 4.78 is 5.60. The van der Waals surface area contributed by atoms with Crippen molar-refractivity contribution in [1.29, 1.82) is 0 Å². The van der Waals surface area contributed by atoms with Crippen LogP contribution in [0.3, 0.4) is 0 Å². The van der Waals surface area contributed by atoms with Gasteiger partial charge in [-0.15, -0.1) is 0 Å². The summed E-state index contributed by atoms with van der Waals surface area (Å²) in [7, 11) is 0. The maximum atomic E-state index is 11.5. The van der Waals surface area contributed by atoms with E-state index < -0.39 is 0 Å². The van der Waals surface area contributed by atoms with Crippen LogP contribution in [-0.4, -0.2) is 74.2 Å². The number of amides is 1. The van der Waals surface area contributed by atoms with E-state index in [0.717, 1.165) is 45.8 Å². The van der Waals surface area contributed by atoms with Gasteiger partial charge in [0.15, 0.2) is 0 Å². The van der Waals surface area contributed by atoms with E-state index in [1.165, 1.54) is 0 Å². The van der Waals surface area contributed by atoms with Gasteiger partial charge < -0.3 is 10.1 Å². The number of rotatable bonds is 8. The van der Waals surface area contributed by atoms with Crippen LogP contribution in [0.1, 0.15) is 42.5 Å². The molecule has 21 heavy (non-hydrogen) atoms. The molecule has 0 saturated carbocycles. The lowest BCUT2D eigenvalue weighted by molar-refractivity contribution is -0.122. The molecule has 5 nitrogen and oxygen atoms in total. The summed E-state index contributed by atoms with van der Waals surface area (Å²) in [4.78, 5) is 16.2. The Morgan fingerprint density at radius 3 is 2.38 bits per heavy atom. The fourth-order valence-electron chi connectivity index (χ4n) is 2.32. The van der Waals surface area contributed by atoms with Crippen LogP contribution in [0, 0.1) is 0 Å². The predicted molar refractivity (Wildman–Crippen MR) is 90.7 cm³/mol. The molecule has 0 aromatic heterocycles. The van der Waals surface area contributed by atoms with Gasteiger partial charge in [0.05, 0.1) is 13.2 Å². The smallest absolute Gasteiger partial charge is 0.234 e. The Morgan fingerprint density at radius 2 is 1.86 bits per heavy atom. The summed E-state index contributed by atoms with van der Waals surface area (Å²) in [5, 5.41) is 2.85. The second-order valence-electron chi connectivity index (χ2n) is 5.19. The molecule has 0 aromatic carbocycles.